The fourth-order valence-electron chi connectivity index (χ4n) is 1.14. The van der Waals surface area contributed by atoms with E-state index in [0.29, 0.717) is 10.8 Å². The Kier molecular flexibility index (Phi) is 3.21. The molecule has 0 aromatic carbocycles. The highest BCUT2D eigenvalue weighted by Crippen LogP contribution is 2.13. The standard InChI is InChI=1S/C9H8ClN5OS/c1-4-2-6(10)14-9(12-4)15-7(16)5-3-17-8(11)13-5/h2-3H,1H3,(H2,11,13)(H,12,14,15,16). The number of carbonyl (C=O) groups is 1. The number of aromatic nitrogens is 3. The number of amides is 1. The number of hydrogen-bond acceptors (Lipinski definition) is 6. The van der Waals surface area contributed by atoms with Crippen LogP contribution in [-0.2, 0) is 0 Å². The minimum atomic E-state index is -0.417. The number of thiazole rings is 1. The second-order valence-electron chi connectivity index (χ2n) is 3.18. The molecule has 0 aliphatic heterocycles. The van der Waals surface area contributed by atoms with Crippen LogP contribution in [0.4, 0.5) is 11.1 Å². The van der Waals surface area contributed by atoms with Crippen molar-refractivity contribution in [2.45, 2.75) is 6.92 Å². The van der Waals surface area contributed by atoms with Crippen LogP contribution in [0.5, 0.6) is 0 Å². The Morgan fingerprint density at radius 1 is 1.47 bits per heavy atom. The molecule has 2 heterocycles. The summed E-state index contributed by atoms with van der Waals surface area (Å²) in [4.78, 5) is 23.4. The van der Waals surface area contributed by atoms with Gasteiger partial charge in [-0.1, -0.05) is 11.6 Å². The van der Waals surface area contributed by atoms with Gasteiger partial charge in [-0.2, -0.15) is 0 Å². The maximum absolute atomic E-state index is 11.7. The molecule has 17 heavy (non-hydrogen) atoms. The van der Waals surface area contributed by atoms with Crippen LogP contribution in [0.2, 0.25) is 5.15 Å². The van der Waals surface area contributed by atoms with E-state index in [9.17, 15) is 4.79 Å². The number of anilines is 2. The monoisotopic (exact) mass is 269 g/mol. The minimum absolute atomic E-state index is 0.145. The van der Waals surface area contributed by atoms with Gasteiger partial charge in [0.15, 0.2) is 5.13 Å². The van der Waals surface area contributed by atoms with E-state index >= 15 is 0 Å². The fourth-order valence-corrected chi connectivity index (χ4v) is 1.92. The number of nitrogens with two attached hydrogens (primary N) is 1. The molecule has 88 valence electrons. The average molecular weight is 270 g/mol. The molecule has 2 aromatic rings. The molecule has 0 saturated heterocycles. The van der Waals surface area contributed by atoms with Gasteiger partial charge in [-0.3, -0.25) is 10.1 Å². The molecule has 8 heteroatoms. The number of carbonyl (C=O) groups excluding carboxylic acids is 1. The van der Waals surface area contributed by atoms with Crippen LogP contribution in [0.25, 0.3) is 0 Å². The lowest BCUT2D eigenvalue weighted by molar-refractivity contribution is 0.102. The van der Waals surface area contributed by atoms with Crippen LogP contribution in [0.1, 0.15) is 16.2 Å². The first-order valence-electron chi connectivity index (χ1n) is 4.58. The summed E-state index contributed by atoms with van der Waals surface area (Å²) in [5.74, 6) is -0.272. The molecule has 0 bridgehead atoms. The van der Waals surface area contributed by atoms with E-state index in [1.54, 1.807) is 18.4 Å². The fraction of sp³-hybridized carbons (Fsp3) is 0.111. The molecule has 1 amide bonds. The van der Waals surface area contributed by atoms with E-state index in [4.69, 9.17) is 17.3 Å². The number of nitrogens with zero attached hydrogens (tertiary/aromatic N) is 3. The van der Waals surface area contributed by atoms with E-state index in [2.05, 4.69) is 20.3 Å². The smallest absolute Gasteiger partial charge is 0.277 e. The van der Waals surface area contributed by atoms with Crippen molar-refractivity contribution in [3.63, 3.8) is 0 Å². The van der Waals surface area contributed by atoms with Crippen molar-refractivity contribution in [3.05, 3.63) is 28.0 Å². The molecule has 0 saturated carbocycles. The Morgan fingerprint density at radius 2 is 2.24 bits per heavy atom. The Balaban J connectivity index is 2.18. The SMILES string of the molecule is Cc1cc(Cl)nc(NC(=O)c2csc(N)n2)n1. The Bertz CT molecular complexity index is 550. The van der Waals surface area contributed by atoms with Gasteiger partial charge in [0, 0.05) is 11.1 Å². The summed E-state index contributed by atoms with van der Waals surface area (Å²) in [5, 5.41) is 4.65. The van der Waals surface area contributed by atoms with Gasteiger partial charge in [0.05, 0.1) is 0 Å². The summed E-state index contributed by atoms with van der Waals surface area (Å²) in [5.41, 5.74) is 6.33. The van der Waals surface area contributed by atoms with Crippen molar-refractivity contribution in [1.82, 2.24) is 15.0 Å². The van der Waals surface area contributed by atoms with E-state index < -0.39 is 5.91 Å². The van der Waals surface area contributed by atoms with Crippen molar-refractivity contribution in [3.8, 4) is 0 Å². The molecule has 2 aromatic heterocycles. The highest BCUT2D eigenvalue weighted by Gasteiger charge is 2.11. The lowest BCUT2D eigenvalue weighted by atomic mass is 10.4. The number of nitrogens with one attached hydrogen (secondary N) is 1. The van der Waals surface area contributed by atoms with E-state index in [1.807, 2.05) is 0 Å². The summed E-state index contributed by atoms with van der Waals surface area (Å²) in [6.45, 7) is 1.75. The van der Waals surface area contributed by atoms with Crippen molar-refractivity contribution >= 4 is 39.9 Å². The third-order valence-electron chi connectivity index (χ3n) is 1.80. The van der Waals surface area contributed by atoms with Gasteiger partial charge in [-0.05, 0) is 13.0 Å². The van der Waals surface area contributed by atoms with Gasteiger partial charge in [0.1, 0.15) is 10.8 Å². The van der Waals surface area contributed by atoms with E-state index in [-0.39, 0.29) is 16.8 Å². The molecule has 6 nitrogen and oxygen atoms in total. The van der Waals surface area contributed by atoms with Crippen LogP contribution >= 0.6 is 22.9 Å². The second kappa shape index (κ2) is 4.64. The van der Waals surface area contributed by atoms with E-state index in [0.717, 1.165) is 0 Å². The number of aryl methyl sites for hydroxylation is 1. The van der Waals surface area contributed by atoms with Crippen LogP contribution < -0.4 is 11.1 Å². The zero-order valence-corrected chi connectivity index (χ0v) is 10.3. The quantitative estimate of drug-likeness (QED) is 0.810. The number of rotatable bonds is 2. The number of nitrogen functional groups attached to an aromatic ring is 1. The highest BCUT2D eigenvalue weighted by atomic mass is 35.5. The van der Waals surface area contributed by atoms with Gasteiger partial charge in [0.25, 0.3) is 5.91 Å². The zero-order valence-electron chi connectivity index (χ0n) is 8.77. The maximum atomic E-state index is 11.7. The molecular formula is C9H8ClN5OS. The average Bonchev–Trinajstić information content (AvgIpc) is 2.63. The highest BCUT2D eigenvalue weighted by molar-refractivity contribution is 7.13. The third-order valence-corrected chi connectivity index (χ3v) is 2.67. The van der Waals surface area contributed by atoms with Gasteiger partial charge in [-0.15, -0.1) is 11.3 Å². The number of halogens is 1. The number of hydrogen-bond donors (Lipinski definition) is 2. The molecule has 0 aliphatic rings. The first-order valence-corrected chi connectivity index (χ1v) is 5.84. The third kappa shape index (κ3) is 2.89. The van der Waals surface area contributed by atoms with Gasteiger partial charge in [-0.25, -0.2) is 15.0 Å². The minimum Gasteiger partial charge on any atom is -0.375 e. The van der Waals surface area contributed by atoms with Crippen LogP contribution in [-0.4, -0.2) is 20.9 Å². The summed E-state index contributed by atoms with van der Waals surface area (Å²) in [6, 6.07) is 1.60. The molecule has 0 fully saturated rings. The van der Waals surface area contributed by atoms with Crippen molar-refractivity contribution in [2.75, 3.05) is 11.1 Å². The predicted octanol–water partition coefficient (Wildman–Crippen LogP) is 1.73. The molecule has 0 atom stereocenters. The largest absolute Gasteiger partial charge is 0.375 e. The molecule has 0 aliphatic carbocycles. The Morgan fingerprint density at radius 3 is 2.82 bits per heavy atom. The van der Waals surface area contributed by atoms with Gasteiger partial charge in [0.2, 0.25) is 5.95 Å². The van der Waals surface area contributed by atoms with Crippen LogP contribution in [0.15, 0.2) is 11.4 Å². The molecule has 3 N–H and O–H groups in total. The molecule has 2 rings (SSSR count). The van der Waals surface area contributed by atoms with Crippen LogP contribution in [0.3, 0.4) is 0 Å². The van der Waals surface area contributed by atoms with Crippen molar-refractivity contribution in [2.24, 2.45) is 0 Å². The van der Waals surface area contributed by atoms with Crippen LogP contribution in [0, 0.1) is 6.92 Å². The Hall–Kier alpha value is -1.73. The summed E-state index contributed by atoms with van der Waals surface area (Å²) < 4.78 is 0. The topological polar surface area (TPSA) is 93.8 Å². The van der Waals surface area contributed by atoms with E-state index in [1.165, 1.54) is 11.3 Å². The Labute approximate surface area is 106 Å². The van der Waals surface area contributed by atoms with Gasteiger partial charge < -0.3 is 5.73 Å². The molecule has 0 radical (unpaired) electrons. The normalized spacial score (nSPS) is 10.2. The van der Waals surface area contributed by atoms with Crippen molar-refractivity contribution in [1.29, 1.82) is 0 Å². The first-order chi connectivity index (χ1) is 8.04. The predicted molar refractivity (Wildman–Crippen MR) is 66.3 cm³/mol. The second-order valence-corrected chi connectivity index (χ2v) is 4.46. The van der Waals surface area contributed by atoms with Gasteiger partial charge >= 0.3 is 0 Å². The molecule has 0 spiro atoms. The summed E-state index contributed by atoms with van der Waals surface area (Å²) in [6.07, 6.45) is 0. The maximum Gasteiger partial charge on any atom is 0.277 e. The zero-order chi connectivity index (χ0) is 12.4. The summed E-state index contributed by atoms with van der Waals surface area (Å²) >= 11 is 6.94. The summed E-state index contributed by atoms with van der Waals surface area (Å²) in [7, 11) is 0. The molecule has 0 unspecified atom stereocenters. The first kappa shape index (κ1) is 11.7. The lowest BCUT2D eigenvalue weighted by Crippen LogP contribution is -2.15. The molecular weight excluding hydrogens is 262 g/mol. The lowest BCUT2D eigenvalue weighted by Gasteiger charge is -2.02. The van der Waals surface area contributed by atoms with Crippen molar-refractivity contribution < 1.29 is 4.79 Å².